The van der Waals surface area contributed by atoms with Crippen LogP contribution in [0.3, 0.4) is 0 Å². The van der Waals surface area contributed by atoms with Gasteiger partial charge >= 0.3 is 11.9 Å². The maximum Gasteiger partial charge on any atom is 0.336 e. The molecule has 0 spiro atoms. The van der Waals surface area contributed by atoms with Crippen LogP contribution in [0.1, 0.15) is 49.4 Å². The Morgan fingerprint density at radius 3 is 2.18 bits per heavy atom. The number of carboxylic acid groups (broad SMARTS) is 2. The van der Waals surface area contributed by atoms with Crippen molar-refractivity contribution in [2.24, 2.45) is 0 Å². The topological polar surface area (TPSA) is 139 Å². The fourth-order valence-electron chi connectivity index (χ4n) is 5.10. The van der Waals surface area contributed by atoms with Crippen molar-refractivity contribution in [2.75, 3.05) is 45.6 Å². The summed E-state index contributed by atoms with van der Waals surface area (Å²) in [4.78, 5) is 36.9. The summed E-state index contributed by atoms with van der Waals surface area (Å²) in [5, 5.41) is 20.3. The Hall–Kier alpha value is -4.29. The van der Waals surface area contributed by atoms with Gasteiger partial charge in [-0.15, -0.1) is 0 Å². The van der Waals surface area contributed by atoms with Crippen LogP contribution < -0.4 is 5.32 Å². The number of carbonyl (C=O) groups is 3. The number of carbonyl (C=O) groups excluding carboxylic acids is 1. The van der Waals surface area contributed by atoms with Gasteiger partial charge in [0.25, 0.3) is 0 Å². The van der Waals surface area contributed by atoms with E-state index in [9.17, 15) is 23.3 Å². The molecule has 3 aromatic rings. The molecule has 1 amide bonds. The van der Waals surface area contributed by atoms with Gasteiger partial charge in [-0.25, -0.2) is 14.0 Å². The monoisotopic (exact) mass is 634 g/mol. The molecule has 1 atom stereocenters. The van der Waals surface area contributed by atoms with Crippen LogP contribution in [0, 0.1) is 12.7 Å². The molecule has 1 unspecified atom stereocenters. The van der Waals surface area contributed by atoms with Crippen LogP contribution in [0.2, 0.25) is 0 Å². The molecule has 3 aromatic carbocycles. The number of benzene rings is 3. The summed E-state index contributed by atoms with van der Waals surface area (Å²) in [6.45, 7) is 6.23. The molecule has 236 valence electrons. The van der Waals surface area contributed by atoms with Gasteiger partial charge in [-0.3, -0.25) is 9.69 Å². The summed E-state index contributed by atoms with van der Waals surface area (Å²) in [6.07, 6.45) is 6.27. The first kappa shape index (κ1) is 33.6. The van der Waals surface area contributed by atoms with Crippen molar-refractivity contribution in [3.63, 3.8) is 0 Å². The predicted octanol–water partition coefficient (Wildman–Crippen LogP) is 4.73. The van der Waals surface area contributed by atoms with Crippen LogP contribution in [0.15, 0.2) is 71.6 Å². The summed E-state index contributed by atoms with van der Waals surface area (Å²) in [6, 6.07) is 17.6. The number of carboxylic acids is 2. The Balaban J connectivity index is 0.000000276. The zero-order valence-corrected chi connectivity index (χ0v) is 25.9. The first-order valence-corrected chi connectivity index (χ1v) is 15.9. The molecule has 1 saturated heterocycles. The molecule has 1 aliphatic heterocycles. The standard InChI is InChI=1S/C25H28N2O3S.C9H7FO4/c1-31(29)22-8-6-19(7-9-22)16-20-17-21(24-5-3-2-4-23(20)24)18-25(28)26-10-11-27-12-14-30-15-13-27;1-4-6(8(11)12)2-5(10)3-7(4)9(13)14/h2-9,16-17H,10-15,18H2,1H3,(H,26,28);2-3H,1H3,(H,11,12)(H,13,14). The Morgan fingerprint density at radius 2 is 1.60 bits per heavy atom. The summed E-state index contributed by atoms with van der Waals surface area (Å²) < 4.78 is 29.8. The fourth-order valence-corrected chi connectivity index (χ4v) is 5.62. The number of halogens is 1. The van der Waals surface area contributed by atoms with Gasteiger partial charge in [0.2, 0.25) is 5.91 Å². The molecule has 0 radical (unpaired) electrons. The number of ether oxygens (including phenoxy) is 1. The third-order valence-corrected chi connectivity index (χ3v) is 8.42. The van der Waals surface area contributed by atoms with Crippen LogP contribution in [-0.4, -0.2) is 83.2 Å². The molecule has 0 aromatic heterocycles. The van der Waals surface area contributed by atoms with Gasteiger partial charge in [0.15, 0.2) is 4.90 Å². The molecule has 1 heterocycles. The summed E-state index contributed by atoms with van der Waals surface area (Å²) in [5.41, 5.74) is 4.82. The number of aromatic carboxylic acids is 2. The lowest BCUT2D eigenvalue weighted by molar-refractivity contribution is -0.120. The van der Waals surface area contributed by atoms with E-state index < -0.39 is 28.9 Å². The second-order valence-corrected chi connectivity index (χ2v) is 11.9. The van der Waals surface area contributed by atoms with E-state index in [1.165, 1.54) is 6.92 Å². The first-order chi connectivity index (χ1) is 21.5. The molecule has 45 heavy (non-hydrogen) atoms. The van der Waals surface area contributed by atoms with E-state index >= 15 is 0 Å². The predicted molar refractivity (Wildman–Crippen MR) is 171 cm³/mol. The maximum atomic E-state index is 12.8. The number of rotatable bonds is 9. The largest absolute Gasteiger partial charge is 0.612 e. The Labute approximate surface area is 264 Å². The van der Waals surface area contributed by atoms with Gasteiger partial charge in [-0.05, 0) is 100 Å². The summed E-state index contributed by atoms with van der Waals surface area (Å²) in [5.74, 6) is -3.51. The first-order valence-electron chi connectivity index (χ1n) is 14.3. The molecule has 1 aliphatic carbocycles. The number of nitrogens with one attached hydrogen (secondary N) is 1. The Bertz CT molecular complexity index is 1580. The molecule has 0 bridgehead atoms. The quantitative estimate of drug-likeness (QED) is 0.287. The molecule has 5 rings (SSSR count). The van der Waals surface area contributed by atoms with Gasteiger partial charge in [0.1, 0.15) is 12.1 Å². The van der Waals surface area contributed by atoms with Crippen LogP contribution in [0.25, 0.3) is 17.2 Å². The third kappa shape index (κ3) is 9.11. The number of fused-ring (bicyclic) bond motifs is 1. The minimum Gasteiger partial charge on any atom is -0.612 e. The zero-order valence-electron chi connectivity index (χ0n) is 25.0. The molecule has 2 aliphatic rings. The number of allylic oxidation sites excluding steroid dienone is 2. The normalized spacial score (nSPS) is 15.8. The molecular weight excluding hydrogens is 599 g/mol. The lowest BCUT2D eigenvalue weighted by Gasteiger charge is -2.26. The van der Waals surface area contributed by atoms with Crippen molar-refractivity contribution in [1.82, 2.24) is 10.2 Å². The number of amides is 1. The van der Waals surface area contributed by atoms with E-state index in [-0.39, 0.29) is 22.6 Å². The smallest absolute Gasteiger partial charge is 0.336 e. The highest BCUT2D eigenvalue weighted by molar-refractivity contribution is 7.90. The van der Waals surface area contributed by atoms with E-state index in [1.807, 2.05) is 36.4 Å². The van der Waals surface area contributed by atoms with Crippen LogP contribution in [0.5, 0.6) is 0 Å². The van der Waals surface area contributed by atoms with Gasteiger partial charge in [0.05, 0.1) is 30.8 Å². The second kappa shape index (κ2) is 15.6. The molecule has 0 saturated carbocycles. The van der Waals surface area contributed by atoms with E-state index in [0.29, 0.717) is 13.0 Å². The van der Waals surface area contributed by atoms with E-state index in [2.05, 4.69) is 34.5 Å². The minimum absolute atomic E-state index is 0.0466. The zero-order chi connectivity index (χ0) is 32.5. The van der Waals surface area contributed by atoms with Gasteiger partial charge in [0, 0.05) is 26.2 Å². The van der Waals surface area contributed by atoms with Crippen LogP contribution in [0.4, 0.5) is 4.39 Å². The van der Waals surface area contributed by atoms with E-state index in [4.69, 9.17) is 14.9 Å². The summed E-state index contributed by atoms with van der Waals surface area (Å²) >= 11 is -0.981. The molecular formula is C34H35FN2O7S. The Kier molecular flexibility index (Phi) is 11.7. The van der Waals surface area contributed by atoms with Gasteiger partial charge in [-0.2, -0.15) is 0 Å². The van der Waals surface area contributed by atoms with Crippen LogP contribution in [-0.2, 0) is 20.7 Å². The van der Waals surface area contributed by atoms with Crippen molar-refractivity contribution in [2.45, 2.75) is 18.2 Å². The second-order valence-electron chi connectivity index (χ2n) is 10.6. The fraction of sp³-hybridized carbons (Fsp3) is 0.265. The van der Waals surface area contributed by atoms with Gasteiger partial charge < -0.3 is 24.8 Å². The van der Waals surface area contributed by atoms with E-state index in [0.717, 1.165) is 77.7 Å². The number of morpholine rings is 1. The minimum atomic E-state index is -1.34. The van der Waals surface area contributed by atoms with Crippen molar-refractivity contribution in [1.29, 1.82) is 0 Å². The lowest BCUT2D eigenvalue weighted by Crippen LogP contribution is -2.41. The average Bonchev–Trinajstić information content (AvgIpc) is 3.35. The van der Waals surface area contributed by atoms with E-state index in [1.54, 1.807) is 6.26 Å². The maximum absolute atomic E-state index is 12.8. The average molecular weight is 635 g/mol. The van der Waals surface area contributed by atoms with Crippen molar-refractivity contribution in [3.8, 4) is 0 Å². The number of hydrogen-bond donors (Lipinski definition) is 3. The molecule has 11 heteroatoms. The molecule has 9 nitrogen and oxygen atoms in total. The molecule has 1 fully saturated rings. The lowest BCUT2D eigenvalue weighted by atomic mass is 10.0. The van der Waals surface area contributed by atoms with Crippen molar-refractivity contribution < 1.29 is 38.3 Å². The van der Waals surface area contributed by atoms with Crippen LogP contribution >= 0.6 is 0 Å². The number of nitrogens with zero attached hydrogens (tertiary/aromatic N) is 1. The highest BCUT2D eigenvalue weighted by Crippen LogP contribution is 2.38. The summed E-state index contributed by atoms with van der Waals surface area (Å²) in [7, 11) is 0. The van der Waals surface area contributed by atoms with Crippen molar-refractivity contribution in [3.05, 3.63) is 106 Å². The Morgan fingerprint density at radius 1 is 1.00 bits per heavy atom. The highest BCUT2D eigenvalue weighted by Gasteiger charge is 2.20. The van der Waals surface area contributed by atoms with Gasteiger partial charge in [-0.1, -0.05) is 24.3 Å². The highest BCUT2D eigenvalue weighted by atomic mass is 32.2. The van der Waals surface area contributed by atoms with Crippen molar-refractivity contribution >= 4 is 46.2 Å². The third-order valence-electron chi connectivity index (χ3n) is 7.49. The number of hydrogen-bond acceptors (Lipinski definition) is 6. The SMILES string of the molecule is C[S+]([O-])c1ccc(C=C2C=C(CC(=O)NCCN3CCOCC3)c3ccccc32)cc1.Cc1c(C(=O)O)cc(F)cc1C(=O)O. The molecule has 3 N–H and O–H groups in total.